The first kappa shape index (κ1) is 25.2. The average molecular weight is 416 g/mol. The Labute approximate surface area is 184 Å². The van der Waals surface area contributed by atoms with Crippen molar-refractivity contribution in [1.29, 1.82) is 0 Å². The van der Waals surface area contributed by atoms with E-state index in [0.717, 1.165) is 11.3 Å². The summed E-state index contributed by atoms with van der Waals surface area (Å²) in [7, 11) is 0. The fourth-order valence-electron chi connectivity index (χ4n) is 3.66. The van der Waals surface area contributed by atoms with E-state index in [1.807, 2.05) is 19.1 Å². The van der Waals surface area contributed by atoms with E-state index < -0.39 is 0 Å². The Kier molecular flexibility index (Phi) is 11.7. The molecular formula is C26H38ClNO. The van der Waals surface area contributed by atoms with Crippen LogP contribution < -0.4 is 21.7 Å². The molecule has 160 valence electrons. The fourth-order valence-corrected chi connectivity index (χ4v) is 3.66. The number of hydrogen-bond donors (Lipinski definition) is 0. The van der Waals surface area contributed by atoms with Gasteiger partial charge in [0.15, 0.2) is 11.4 Å². The molecule has 0 N–H and O–H groups in total. The van der Waals surface area contributed by atoms with Crippen LogP contribution in [-0.4, -0.2) is 6.61 Å². The summed E-state index contributed by atoms with van der Waals surface area (Å²) >= 11 is 0. The molecule has 1 heterocycles. The predicted octanol–water partition coefficient (Wildman–Crippen LogP) is 3.83. The topological polar surface area (TPSA) is 13.1 Å². The van der Waals surface area contributed by atoms with Gasteiger partial charge in [-0.15, -0.1) is 0 Å². The van der Waals surface area contributed by atoms with Crippen molar-refractivity contribution in [1.82, 2.24) is 0 Å². The van der Waals surface area contributed by atoms with Gasteiger partial charge < -0.3 is 17.1 Å². The van der Waals surface area contributed by atoms with Crippen molar-refractivity contribution in [3.05, 3.63) is 65.5 Å². The molecule has 0 saturated carbocycles. The number of aromatic nitrogens is 1. The van der Waals surface area contributed by atoms with Gasteiger partial charge in [0, 0.05) is 37.6 Å². The summed E-state index contributed by atoms with van der Waals surface area (Å²) in [6, 6.07) is 12.9. The molecule has 1 aromatic carbocycles. The monoisotopic (exact) mass is 415 g/mol. The zero-order chi connectivity index (χ0) is 20.4. The zero-order valence-electron chi connectivity index (χ0n) is 18.8. The van der Waals surface area contributed by atoms with Crippen molar-refractivity contribution < 1.29 is 21.7 Å². The van der Waals surface area contributed by atoms with Gasteiger partial charge in [0.1, 0.15) is 12.4 Å². The summed E-state index contributed by atoms with van der Waals surface area (Å²) in [5.41, 5.74) is 6.29. The molecule has 0 aliphatic carbocycles. The minimum atomic E-state index is 0. The number of aryl methyl sites for hydroxylation is 2. The van der Waals surface area contributed by atoms with Crippen LogP contribution in [-0.2, 0) is 6.42 Å². The van der Waals surface area contributed by atoms with Crippen molar-refractivity contribution in [2.24, 2.45) is 0 Å². The lowest BCUT2D eigenvalue weighted by atomic mass is 10.0. The first-order chi connectivity index (χ1) is 13.5. The van der Waals surface area contributed by atoms with E-state index in [1.54, 1.807) is 0 Å². The van der Waals surface area contributed by atoms with Crippen LogP contribution in [0.15, 0.2) is 48.6 Å². The van der Waals surface area contributed by atoms with Gasteiger partial charge in [-0.1, -0.05) is 52.0 Å². The van der Waals surface area contributed by atoms with Gasteiger partial charge in [0.25, 0.3) is 0 Å². The summed E-state index contributed by atoms with van der Waals surface area (Å²) in [6.45, 7) is 13.1. The van der Waals surface area contributed by atoms with Crippen LogP contribution in [0.2, 0.25) is 0 Å². The highest BCUT2D eigenvalue weighted by molar-refractivity contribution is 5.33. The second-order valence-corrected chi connectivity index (χ2v) is 8.03. The Morgan fingerprint density at radius 1 is 0.897 bits per heavy atom. The maximum Gasteiger partial charge on any atom is 0.211 e. The minimum absolute atomic E-state index is 0. The third-order valence-corrected chi connectivity index (χ3v) is 5.31. The van der Waals surface area contributed by atoms with Crippen molar-refractivity contribution in [3.63, 3.8) is 0 Å². The van der Waals surface area contributed by atoms with Crippen molar-refractivity contribution in [3.8, 4) is 11.4 Å². The number of hydrogen-bond acceptors (Lipinski definition) is 1. The fraction of sp³-hybridized carbons (Fsp3) is 0.500. The van der Waals surface area contributed by atoms with Gasteiger partial charge in [-0.05, 0) is 43.5 Å². The summed E-state index contributed by atoms with van der Waals surface area (Å²) in [4.78, 5) is 0. The molecule has 2 rings (SSSR count). The summed E-state index contributed by atoms with van der Waals surface area (Å²) in [5.74, 6) is 0.891. The lowest BCUT2D eigenvalue weighted by Crippen LogP contribution is -3.00. The summed E-state index contributed by atoms with van der Waals surface area (Å²) < 4.78 is 8.09. The Morgan fingerprint density at radius 3 is 2.14 bits per heavy atom. The molecule has 0 atom stereocenters. The summed E-state index contributed by atoms with van der Waals surface area (Å²) in [5, 5.41) is 0. The largest absolute Gasteiger partial charge is 1.00 e. The smallest absolute Gasteiger partial charge is 0.211 e. The molecule has 0 aliphatic heterocycles. The average Bonchev–Trinajstić information content (AvgIpc) is 2.68. The van der Waals surface area contributed by atoms with Crippen LogP contribution in [0.1, 0.15) is 75.7 Å². The number of ether oxygens (including phenoxy) is 1. The van der Waals surface area contributed by atoms with Gasteiger partial charge in [-0.3, -0.25) is 0 Å². The molecular weight excluding hydrogens is 378 g/mol. The van der Waals surface area contributed by atoms with Gasteiger partial charge in [0.05, 0.1) is 0 Å². The highest BCUT2D eigenvalue weighted by atomic mass is 35.5. The second-order valence-electron chi connectivity index (χ2n) is 8.03. The highest BCUT2D eigenvalue weighted by Gasteiger charge is 2.17. The normalized spacial score (nSPS) is 10.5. The lowest BCUT2D eigenvalue weighted by molar-refractivity contribution is -0.610. The maximum atomic E-state index is 5.73. The van der Waals surface area contributed by atoms with Crippen LogP contribution in [0.25, 0.3) is 5.69 Å². The SMILES string of the molecule is C=C(C)COc1ccc(-[n+]2c(C)ccc(CCCCCCCCC)c2C)cc1.[Cl-]. The van der Waals surface area contributed by atoms with Gasteiger partial charge >= 0.3 is 0 Å². The van der Waals surface area contributed by atoms with Crippen LogP contribution in [0, 0.1) is 13.8 Å². The van der Waals surface area contributed by atoms with E-state index in [2.05, 4.69) is 56.2 Å². The molecule has 0 radical (unpaired) electrons. The van der Waals surface area contributed by atoms with Crippen LogP contribution in [0.5, 0.6) is 5.75 Å². The van der Waals surface area contributed by atoms with Gasteiger partial charge in [-0.2, -0.15) is 4.57 Å². The third kappa shape index (κ3) is 8.22. The quantitative estimate of drug-likeness (QED) is 0.291. The van der Waals surface area contributed by atoms with Crippen molar-refractivity contribution >= 4 is 0 Å². The summed E-state index contributed by atoms with van der Waals surface area (Å²) in [6.07, 6.45) is 10.6. The van der Waals surface area contributed by atoms with E-state index in [0.29, 0.717) is 6.61 Å². The van der Waals surface area contributed by atoms with E-state index >= 15 is 0 Å². The van der Waals surface area contributed by atoms with Crippen molar-refractivity contribution in [2.75, 3.05) is 6.61 Å². The number of rotatable bonds is 12. The Bertz CT molecular complexity index is 752. The minimum Gasteiger partial charge on any atom is -1.00 e. The molecule has 0 amide bonds. The lowest BCUT2D eigenvalue weighted by Gasteiger charge is -2.10. The Balaban J connectivity index is 0.00000420. The molecule has 1 aromatic heterocycles. The predicted molar refractivity (Wildman–Crippen MR) is 119 cm³/mol. The molecule has 2 aromatic rings. The third-order valence-electron chi connectivity index (χ3n) is 5.31. The number of benzene rings is 1. The number of unbranched alkanes of at least 4 members (excludes halogenated alkanes) is 6. The first-order valence-corrected chi connectivity index (χ1v) is 10.9. The molecule has 0 fully saturated rings. The zero-order valence-corrected chi connectivity index (χ0v) is 19.5. The first-order valence-electron chi connectivity index (χ1n) is 10.9. The molecule has 2 nitrogen and oxygen atoms in total. The number of halogens is 1. The molecule has 0 aliphatic rings. The molecule has 0 spiro atoms. The van der Waals surface area contributed by atoms with Crippen LogP contribution in [0.3, 0.4) is 0 Å². The second kappa shape index (κ2) is 13.4. The number of pyridine rings is 1. The Morgan fingerprint density at radius 2 is 1.52 bits per heavy atom. The van der Waals surface area contributed by atoms with E-state index in [4.69, 9.17) is 4.74 Å². The van der Waals surface area contributed by atoms with E-state index in [9.17, 15) is 0 Å². The highest BCUT2D eigenvalue weighted by Crippen LogP contribution is 2.17. The van der Waals surface area contributed by atoms with Crippen LogP contribution >= 0.6 is 0 Å². The van der Waals surface area contributed by atoms with E-state index in [1.165, 1.54) is 74.0 Å². The molecule has 0 unspecified atom stereocenters. The van der Waals surface area contributed by atoms with Crippen molar-refractivity contribution in [2.45, 2.75) is 79.1 Å². The Hall–Kier alpha value is -1.80. The molecule has 3 heteroatoms. The van der Waals surface area contributed by atoms with Gasteiger partial charge in [0.2, 0.25) is 5.69 Å². The van der Waals surface area contributed by atoms with Crippen LogP contribution in [0.4, 0.5) is 0 Å². The standard InChI is InChI=1S/C26H38NO.ClH/c1-6-7-8-9-10-11-12-13-24-15-14-22(4)27(23(24)5)25-16-18-26(19-17-25)28-20-21(2)3;/h14-19H,2,6-13,20H2,1,3-5H3;1H/q+1;/p-1. The molecule has 29 heavy (non-hydrogen) atoms. The van der Waals surface area contributed by atoms with E-state index in [-0.39, 0.29) is 12.4 Å². The van der Waals surface area contributed by atoms with Gasteiger partial charge in [-0.25, -0.2) is 0 Å². The molecule has 0 bridgehead atoms. The maximum absolute atomic E-state index is 5.73. The number of nitrogens with zero attached hydrogens (tertiary/aromatic N) is 1. The molecule has 0 saturated heterocycles.